The third kappa shape index (κ3) is 5.26. The number of rotatable bonds is 7. The molecule has 0 saturated heterocycles. The van der Waals surface area contributed by atoms with E-state index in [0.29, 0.717) is 29.5 Å². The smallest absolute Gasteiger partial charge is 0.227 e. The summed E-state index contributed by atoms with van der Waals surface area (Å²) in [6.07, 6.45) is 1.53. The van der Waals surface area contributed by atoms with Crippen molar-refractivity contribution in [3.8, 4) is 11.4 Å². The van der Waals surface area contributed by atoms with E-state index in [1.54, 1.807) is 24.3 Å². The topological polar surface area (TPSA) is 97.1 Å². The van der Waals surface area contributed by atoms with Crippen molar-refractivity contribution in [1.82, 2.24) is 10.1 Å². The highest BCUT2D eigenvalue weighted by molar-refractivity contribution is 5.93. The SMILES string of the molecule is CCc1ccc(-c2noc(CCC(=O)Nc3cccc(NC(C)=O)c3)n2)cc1. The summed E-state index contributed by atoms with van der Waals surface area (Å²) in [5.41, 5.74) is 3.36. The summed E-state index contributed by atoms with van der Waals surface area (Å²) in [5, 5.41) is 9.46. The van der Waals surface area contributed by atoms with Crippen LogP contribution in [0.5, 0.6) is 0 Å². The summed E-state index contributed by atoms with van der Waals surface area (Å²) in [6, 6.07) is 15.0. The van der Waals surface area contributed by atoms with Crippen LogP contribution in [0.3, 0.4) is 0 Å². The van der Waals surface area contributed by atoms with Crippen LogP contribution in [0.15, 0.2) is 53.1 Å². The first-order valence-corrected chi connectivity index (χ1v) is 9.13. The van der Waals surface area contributed by atoms with Crippen molar-refractivity contribution in [3.05, 3.63) is 60.0 Å². The normalized spacial score (nSPS) is 10.5. The van der Waals surface area contributed by atoms with Crippen molar-refractivity contribution >= 4 is 23.2 Å². The lowest BCUT2D eigenvalue weighted by molar-refractivity contribution is -0.116. The fraction of sp³-hybridized carbons (Fsp3) is 0.238. The van der Waals surface area contributed by atoms with Gasteiger partial charge >= 0.3 is 0 Å². The third-order valence-electron chi connectivity index (χ3n) is 4.12. The van der Waals surface area contributed by atoms with Gasteiger partial charge in [0.2, 0.25) is 23.5 Å². The quantitative estimate of drug-likeness (QED) is 0.651. The number of hydrogen-bond acceptors (Lipinski definition) is 5. The number of aryl methyl sites for hydroxylation is 2. The standard InChI is InChI=1S/C21H22N4O3/c1-3-15-7-9-16(10-8-15)21-24-20(28-25-21)12-11-19(27)23-18-6-4-5-17(13-18)22-14(2)26/h4-10,13H,3,11-12H2,1-2H3,(H,22,26)(H,23,27). The lowest BCUT2D eigenvalue weighted by Gasteiger charge is -2.07. The summed E-state index contributed by atoms with van der Waals surface area (Å²) < 4.78 is 5.25. The molecule has 1 heterocycles. The number of anilines is 2. The van der Waals surface area contributed by atoms with Crippen molar-refractivity contribution in [3.63, 3.8) is 0 Å². The molecule has 144 valence electrons. The Kier molecular flexibility index (Phi) is 6.16. The van der Waals surface area contributed by atoms with Gasteiger partial charge in [0.05, 0.1) is 0 Å². The lowest BCUT2D eigenvalue weighted by Crippen LogP contribution is -2.13. The molecule has 7 nitrogen and oxygen atoms in total. The molecular weight excluding hydrogens is 356 g/mol. The maximum atomic E-state index is 12.2. The molecule has 0 aliphatic rings. The summed E-state index contributed by atoms with van der Waals surface area (Å²) in [7, 11) is 0. The first-order chi connectivity index (χ1) is 13.5. The fourth-order valence-electron chi connectivity index (χ4n) is 2.69. The zero-order valence-electron chi connectivity index (χ0n) is 15.9. The minimum absolute atomic E-state index is 0.167. The van der Waals surface area contributed by atoms with E-state index in [2.05, 4.69) is 27.7 Å². The number of nitrogens with zero attached hydrogens (tertiary/aromatic N) is 2. The highest BCUT2D eigenvalue weighted by Gasteiger charge is 2.11. The molecule has 2 aromatic carbocycles. The highest BCUT2D eigenvalue weighted by atomic mass is 16.5. The third-order valence-corrected chi connectivity index (χ3v) is 4.12. The maximum absolute atomic E-state index is 12.2. The van der Waals surface area contributed by atoms with E-state index in [4.69, 9.17) is 4.52 Å². The van der Waals surface area contributed by atoms with Crippen LogP contribution in [0.2, 0.25) is 0 Å². The molecule has 0 radical (unpaired) electrons. The van der Waals surface area contributed by atoms with Gasteiger partial charge in [0.25, 0.3) is 0 Å². The van der Waals surface area contributed by atoms with Crippen LogP contribution in [-0.4, -0.2) is 22.0 Å². The average molecular weight is 378 g/mol. The zero-order valence-corrected chi connectivity index (χ0v) is 15.9. The van der Waals surface area contributed by atoms with Gasteiger partial charge in [0, 0.05) is 36.7 Å². The van der Waals surface area contributed by atoms with Gasteiger partial charge < -0.3 is 15.2 Å². The lowest BCUT2D eigenvalue weighted by atomic mass is 10.1. The van der Waals surface area contributed by atoms with Crippen LogP contribution in [0, 0.1) is 0 Å². The van der Waals surface area contributed by atoms with Crippen molar-refractivity contribution in [1.29, 1.82) is 0 Å². The van der Waals surface area contributed by atoms with E-state index in [0.717, 1.165) is 12.0 Å². The number of amides is 2. The van der Waals surface area contributed by atoms with Crippen molar-refractivity contribution in [2.75, 3.05) is 10.6 Å². The van der Waals surface area contributed by atoms with E-state index < -0.39 is 0 Å². The Morgan fingerprint density at radius 3 is 2.43 bits per heavy atom. The second-order valence-electron chi connectivity index (χ2n) is 6.37. The van der Waals surface area contributed by atoms with Gasteiger partial charge in [-0.15, -0.1) is 0 Å². The Hall–Kier alpha value is -3.48. The number of hydrogen-bond donors (Lipinski definition) is 2. The molecule has 7 heteroatoms. The molecule has 28 heavy (non-hydrogen) atoms. The van der Waals surface area contributed by atoms with Gasteiger partial charge in [0.1, 0.15) is 0 Å². The molecule has 0 aliphatic heterocycles. The van der Waals surface area contributed by atoms with Crippen molar-refractivity contribution in [2.24, 2.45) is 0 Å². The van der Waals surface area contributed by atoms with Crippen molar-refractivity contribution < 1.29 is 14.1 Å². The average Bonchev–Trinajstić information content (AvgIpc) is 3.15. The molecule has 0 fully saturated rings. The van der Waals surface area contributed by atoms with Crippen LogP contribution in [0.1, 0.15) is 31.7 Å². The second-order valence-corrected chi connectivity index (χ2v) is 6.37. The maximum Gasteiger partial charge on any atom is 0.227 e. The predicted molar refractivity (Wildman–Crippen MR) is 107 cm³/mol. The molecule has 3 aromatic rings. The first kappa shape index (κ1) is 19.3. The summed E-state index contributed by atoms with van der Waals surface area (Å²) in [4.78, 5) is 27.7. The minimum atomic E-state index is -0.174. The van der Waals surface area contributed by atoms with Crippen molar-refractivity contribution in [2.45, 2.75) is 33.1 Å². The molecule has 2 amide bonds. The van der Waals surface area contributed by atoms with Crippen LogP contribution in [-0.2, 0) is 22.4 Å². The fourth-order valence-corrected chi connectivity index (χ4v) is 2.69. The van der Waals surface area contributed by atoms with E-state index in [1.807, 2.05) is 24.3 Å². The Balaban J connectivity index is 1.55. The molecule has 2 N–H and O–H groups in total. The number of benzene rings is 2. The molecule has 0 unspecified atom stereocenters. The number of carbonyl (C=O) groups is 2. The Labute approximate surface area is 163 Å². The molecule has 0 bridgehead atoms. The van der Waals surface area contributed by atoms with E-state index in [-0.39, 0.29) is 18.2 Å². The molecule has 0 atom stereocenters. The van der Waals surface area contributed by atoms with E-state index >= 15 is 0 Å². The van der Waals surface area contributed by atoms with Crippen LogP contribution < -0.4 is 10.6 Å². The van der Waals surface area contributed by atoms with Crippen LogP contribution in [0.25, 0.3) is 11.4 Å². The van der Waals surface area contributed by atoms with Gasteiger partial charge in [-0.1, -0.05) is 42.4 Å². The van der Waals surface area contributed by atoms with Crippen LogP contribution in [0.4, 0.5) is 11.4 Å². The van der Waals surface area contributed by atoms with Gasteiger partial charge in [-0.3, -0.25) is 9.59 Å². The predicted octanol–water partition coefficient (Wildman–Crippen LogP) is 3.83. The van der Waals surface area contributed by atoms with Crippen LogP contribution >= 0.6 is 0 Å². The number of carbonyl (C=O) groups excluding carboxylic acids is 2. The largest absolute Gasteiger partial charge is 0.339 e. The first-order valence-electron chi connectivity index (χ1n) is 9.13. The Morgan fingerprint density at radius 2 is 1.75 bits per heavy atom. The van der Waals surface area contributed by atoms with Gasteiger partial charge in [0.15, 0.2) is 0 Å². The second kappa shape index (κ2) is 8.94. The summed E-state index contributed by atoms with van der Waals surface area (Å²) in [6.45, 7) is 3.53. The minimum Gasteiger partial charge on any atom is -0.339 e. The summed E-state index contributed by atoms with van der Waals surface area (Å²) >= 11 is 0. The zero-order chi connectivity index (χ0) is 19.9. The summed E-state index contributed by atoms with van der Waals surface area (Å²) in [5.74, 6) is 0.588. The molecule has 1 aromatic heterocycles. The molecule has 0 saturated carbocycles. The highest BCUT2D eigenvalue weighted by Crippen LogP contribution is 2.18. The molecule has 0 aliphatic carbocycles. The molecule has 0 spiro atoms. The van der Waals surface area contributed by atoms with E-state index in [9.17, 15) is 9.59 Å². The van der Waals surface area contributed by atoms with Gasteiger partial charge in [-0.2, -0.15) is 4.98 Å². The Bertz CT molecular complexity index is 964. The molecular formula is C21H22N4O3. The van der Waals surface area contributed by atoms with E-state index in [1.165, 1.54) is 12.5 Å². The van der Waals surface area contributed by atoms with Gasteiger partial charge in [-0.05, 0) is 30.2 Å². The monoisotopic (exact) mass is 378 g/mol. The number of aromatic nitrogens is 2. The Morgan fingerprint density at radius 1 is 1.04 bits per heavy atom. The molecule has 3 rings (SSSR count). The van der Waals surface area contributed by atoms with Gasteiger partial charge in [-0.25, -0.2) is 0 Å². The number of nitrogens with one attached hydrogen (secondary N) is 2.